The summed E-state index contributed by atoms with van der Waals surface area (Å²) in [6, 6.07) is 2.39. The van der Waals surface area contributed by atoms with Crippen LogP contribution in [0.1, 0.15) is 67.7 Å². The smallest absolute Gasteiger partial charge is 0.0832 e. The van der Waals surface area contributed by atoms with Gasteiger partial charge in [-0.3, -0.25) is 9.80 Å². The zero-order valence-electron chi connectivity index (χ0n) is 18.8. The van der Waals surface area contributed by atoms with E-state index < -0.39 is 0 Å². The molecule has 0 amide bonds. The first kappa shape index (κ1) is 21.5. The van der Waals surface area contributed by atoms with Gasteiger partial charge in [-0.15, -0.1) is 0 Å². The molecule has 3 rings (SSSR count). The summed E-state index contributed by atoms with van der Waals surface area (Å²) >= 11 is 0. The van der Waals surface area contributed by atoms with Crippen LogP contribution < -0.4 is 10.6 Å². The molecule has 0 bridgehead atoms. The van der Waals surface area contributed by atoms with Gasteiger partial charge in [-0.2, -0.15) is 0 Å². The van der Waals surface area contributed by atoms with E-state index >= 15 is 0 Å². The standard InChI is InChI=1S/C22H44N4O/c1-15(2)23-18-11-26(12-19(18)27)21(6,7)10-17(5)24-20-13-25(16(3)4)14-22(20)8-9-22/h15-20,23-24,27H,8-14H2,1-7H3. The molecule has 0 aromatic heterocycles. The zero-order chi connectivity index (χ0) is 20.0. The lowest BCUT2D eigenvalue weighted by molar-refractivity contribution is 0.100. The van der Waals surface area contributed by atoms with Crippen molar-refractivity contribution in [3.8, 4) is 0 Å². The average Bonchev–Trinajstić information content (AvgIpc) is 3.09. The number of nitrogens with zero attached hydrogens (tertiary/aromatic N) is 2. The van der Waals surface area contributed by atoms with E-state index in [1.54, 1.807) is 0 Å². The molecular formula is C22H44N4O. The monoisotopic (exact) mass is 380 g/mol. The molecule has 3 fully saturated rings. The van der Waals surface area contributed by atoms with Crippen LogP contribution in [0.4, 0.5) is 0 Å². The van der Waals surface area contributed by atoms with Crippen LogP contribution in [0.3, 0.4) is 0 Å². The molecule has 1 aliphatic carbocycles. The molecule has 1 spiro atoms. The second kappa shape index (κ2) is 7.91. The van der Waals surface area contributed by atoms with E-state index in [-0.39, 0.29) is 17.7 Å². The number of likely N-dealkylation sites (tertiary alicyclic amines) is 2. The van der Waals surface area contributed by atoms with Crippen LogP contribution in [0, 0.1) is 5.41 Å². The van der Waals surface area contributed by atoms with Gasteiger partial charge in [0.1, 0.15) is 0 Å². The fourth-order valence-corrected chi connectivity index (χ4v) is 5.45. The molecule has 0 aromatic rings. The Morgan fingerprint density at radius 3 is 2.26 bits per heavy atom. The Balaban J connectivity index is 1.53. The van der Waals surface area contributed by atoms with Crippen LogP contribution in [-0.4, -0.2) is 82.9 Å². The topological polar surface area (TPSA) is 50.8 Å². The lowest BCUT2D eigenvalue weighted by atomic mass is 9.92. The molecule has 5 nitrogen and oxygen atoms in total. The molecular weight excluding hydrogens is 336 g/mol. The van der Waals surface area contributed by atoms with Gasteiger partial charge < -0.3 is 15.7 Å². The van der Waals surface area contributed by atoms with Crippen molar-refractivity contribution in [2.45, 2.75) is 110 Å². The zero-order valence-corrected chi connectivity index (χ0v) is 18.8. The third-order valence-electron chi connectivity index (χ3n) is 7.28. The largest absolute Gasteiger partial charge is 0.390 e. The maximum Gasteiger partial charge on any atom is 0.0832 e. The van der Waals surface area contributed by atoms with E-state index in [0.29, 0.717) is 29.6 Å². The normalized spacial score (nSPS) is 32.9. The molecule has 27 heavy (non-hydrogen) atoms. The van der Waals surface area contributed by atoms with E-state index in [9.17, 15) is 5.11 Å². The minimum absolute atomic E-state index is 0.0911. The van der Waals surface area contributed by atoms with Crippen molar-refractivity contribution in [1.29, 1.82) is 0 Å². The number of aliphatic hydroxyl groups excluding tert-OH is 1. The van der Waals surface area contributed by atoms with Crippen LogP contribution in [-0.2, 0) is 0 Å². The minimum atomic E-state index is -0.265. The first-order valence-electron chi connectivity index (χ1n) is 11.2. The Bertz CT molecular complexity index is 503. The minimum Gasteiger partial charge on any atom is -0.390 e. The summed E-state index contributed by atoms with van der Waals surface area (Å²) in [6.07, 6.45) is 3.64. The van der Waals surface area contributed by atoms with Gasteiger partial charge in [0, 0.05) is 61.9 Å². The highest BCUT2D eigenvalue weighted by molar-refractivity contribution is 5.11. The molecule has 5 heteroatoms. The SMILES string of the molecule is CC(C)NC1CN(C(C)(C)CC(C)NC2CN(C(C)C)CC23CC3)CC1O. The Hall–Kier alpha value is -0.200. The lowest BCUT2D eigenvalue weighted by Crippen LogP contribution is -2.51. The number of rotatable bonds is 8. The Labute approximate surface area is 167 Å². The number of β-amino-alcohol motifs (C(OH)–C–C–N with tert-alkyl or cyclic N) is 1. The van der Waals surface area contributed by atoms with Crippen LogP contribution in [0.5, 0.6) is 0 Å². The molecule has 0 radical (unpaired) electrons. The van der Waals surface area contributed by atoms with E-state index in [4.69, 9.17) is 0 Å². The molecule has 2 heterocycles. The highest BCUT2D eigenvalue weighted by Crippen LogP contribution is 2.53. The molecule has 2 aliphatic heterocycles. The van der Waals surface area contributed by atoms with Crippen molar-refractivity contribution < 1.29 is 5.11 Å². The molecule has 3 N–H and O–H groups in total. The summed E-state index contributed by atoms with van der Waals surface area (Å²) in [5.41, 5.74) is 0.645. The van der Waals surface area contributed by atoms with Gasteiger partial charge in [-0.25, -0.2) is 0 Å². The fraction of sp³-hybridized carbons (Fsp3) is 1.00. The molecule has 3 aliphatic rings. The van der Waals surface area contributed by atoms with Crippen LogP contribution in [0.25, 0.3) is 0 Å². The third kappa shape index (κ3) is 4.87. The van der Waals surface area contributed by atoms with Gasteiger partial charge in [0.15, 0.2) is 0 Å². The van der Waals surface area contributed by atoms with E-state index in [1.165, 1.54) is 25.9 Å². The molecule has 2 saturated heterocycles. The van der Waals surface area contributed by atoms with Gasteiger partial charge in [0.2, 0.25) is 0 Å². The first-order chi connectivity index (χ1) is 12.5. The van der Waals surface area contributed by atoms with Gasteiger partial charge >= 0.3 is 0 Å². The van der Waals surface area contributed by atoms with Crippen molar-refractivity contribution in [3.05, 3.63) is 0 Å². The van der Waals surface area contributed by atoms with E-state index in [1.807, 2.05) is 0 Å². The summed E-state index contributed by atoms with van der Waals surface area (Å²) in [5.74, 6) is 0. The van der Waals surface area contributed by atoms with Crippen LogP contribution in [0.15, 0.2) is 0 Å². The third-order valence-corrected chi connectivity index (χ3v) is 7.28. The summed E-state index contributed by atoms with van der Waals surface area (Å²) in [6.45, 7) is 20.2. The predicted octanol–water partition coefficient (Wildman–Crippen LogP) is 2.05. The quantitative estimate of drug-likeness (QED) is 0.602. The van der Waals surface area contributed by atoms with Crippen molar-refractivity contribution in [2.24, 2.45) is 5.41 Å². The fourth-order valence-electron chi connectivity index (χ4n) is 5.45. The summed E-state index contributed by atoms with van der Waals surface area (Å²) in [7, 11) is 0. The highest BCUT2D eigenvalue weighted by Gasteiger charge is 2.55. The molecule has 4 atom stereocenters. The number of nitrogens with one attached hydrogen (secondary N) is 2. The van der Waals surface area contributed by atoms with Gasteiger partial charge in [-0.05, 0) is 59.3 Å². The predicted molar refractivity (Wildman–Crippen MR) is 113 cm³/mol. The van der Waals surface area contributed by atoms with Crippen molar-refractivity contribution in [1.82, 2.24) is 20.4 Å². The van der Waals surface area contributed by atoms with Gasteiger partial charge in [0.05, 0.1) is 6.10 Å². The maximum atomic E-state index is 10.5. The Morgan fingerprint density at radius 2 is 1.70 bits per heavy atom. The maximum absolute atomic E-state index is 10.5. The highest BCUT2D eigenvalue weighted by atomic mass is 16.3. The number of hydrogen-bond acceptors (Lipinski definition) is 5. The molecule has 4 unspecified atom stereocenters. The second-order valence-electron chi connectivity index (χ2n) is 10.9. The van der Waals surface area contributed by atoms with Crippen LogP contribution >= 0.6 is 0 Å². The van der Waals surface area contributed by atoms with E-state index in [2.05, 4.69) is 68.9 Å². The summed E-state index contributed by atoms with van der Waals surface area (Å²) in [4.78, 5) is 5.14. The number of hydrogen-bond donors (Lipinski definition) is 3. The molecule has 158 valence electrons. The first-order valence-corrected chi connectivity index (χ1v) is 11.2. The van der Waals surface area contributed by atoms with Gasteiger partial charge in [-0.1, -0.05) is 13.8 Å². The lowest BCUT2D eigenvalue weighted by Gasteiger charge is -2.39. The Morgan fingerprint density at radius 1 is 1.04 bits per heavy atom. The summed E-state index contributed by atoms with van der Waals surface area (Å²) in [5, 5.41) is 18.0. The molecule has 0 aromatic carbocycles. The summed E-state index contributed by atoms with van der Waals surface area (Å²) < 4.78 is 0. The number of aliphatic hydroxyl groups is 1. The second-order valence-corrected chi connectivity index (χ2v) is 10.9. The van der Waals surface area contributed by atoms with Crippen molar-refractivity contribution in [3.63, 3.8) is 0 Å². The van der Waals surface area contributed by atoms with Crippen molar-refractivity contribution >= 4 is 0 Å². The van der Waals surface area contributed by atoms with Gasteiger partial charge in [0.25, 0.3) is 0 Å². The Kier molecular flexibility index (Phi) is 6.30. The van der Waals surface area contributed by atoms with Crippen LogP contribution in [0.2, 0.25) is 0 Å². The van der Waals surface area contributed by atoms with Crippen molar-refractivity contribution in [2.75, 3.05) is 26.2 Å². The molecule has 1 saturated carbocycles. The van der Waals surface area contributed by atoms with E-state index in [0.717, 1.165) is 19.5 Å². The average molecular weight is 381 g/mol.